The van der Waals surface area contributed by atoms with Crippen LogP contribution in [-0.2, 0) is 9.59 Å². The van der Waals surface area contributed by atoms with Crippen LogP contribution in [-0.4, -0.2) is 53.1 Å². The molecule has 1 atom stereocenters. The molecule has 0 bridgehead atoms. The second-order valence-corrected chi connectivity index (χ2v) is 7.48. The van der Waals surface area contributed by atoms with Crippen molar-refractivity contribution in [3.63, 3.8) is 0 Å². The van der Waals surface area contributed by atoms with Crippen molar-refractivity contribution in [1.29, 1.82) is 0 Å². The maximum Gasteiger partial charge on any atom is 0.326 e. The van der Waals surface area contributed by atoms with Crippen molar-refractivity contribution >= 4 is 17.9 Å². The highest BCUT2D eigenvalue weighted by atomic mass is 16.4. The lowest BCUT2D eigenvalue weighted by Crippen LogP contribution is -2.47. The molecule has 1 aliphatic heterocycles. The molecule has 0 aromatic rings. The van der Waals surface area contributed by atoms with Crippen molar-refractivity contribution in [1.82, 2.24) is 15.5 Å². The second kappa shape index (κ2) is 11.0. The summed E-state index contributed by atoms with van der Waals surface area (Å²) in [5.74, 6) is -0.952. The number of rotatable bonds is 8. The number of aliphatic carboxylic acids is 1. The summed E-state index contributed by atoms with van der Waals surface area (Å²) in [6.45, 7) is 1.16. The van der Waals surface area contributed by atoms with Gasteiger partial charge in [0.05, 0.1) is 0 Å². The van der Waals surface area contributed by atoms with Gasteiger partial charge in [-0.2, -0.15) is 0 Å². The van der Waals surface area contributed by atoms with Gasteiger partial charge < -0.3 is 20.6 Å². The Bertz CT molecular complexity index is 477. The molecule has 0 aromatic heterocycles. The van der Waals surface area contributed by atoms with Gasteiger partial charge >= 0.3 is 12.0 Å². The van der Waals surface area contributed by atoms with Gasteiger partial charge in [0.15, 0.2) is 0 Å². The summed E-state index contributed by atoms with van der Waals surface area (Å²) in [7, 11) is 0. The highest BCUT2D eigenvalue weighted by Crippen LogP contribution is 2.19. The van der Waals surface area contributed by atoms with Crippen molar-refractivity contribution in [2.75, 3.05) is 13.1 Å². The van der Waals surface area contributed by atoms with E-state index in [1.54, 1.807) is 0 Å². The Labute approximate surface area is 155 Å². The zero-order valence-electron chi connectivity index (χ0n) is 15.7. The van der Waals surface area contributed by atoms with Gasteiger partial charge in [-0.1, -0.05) is 25.7 Å². The zero-order chi connectivity index (χ0) is 18.8. The summed E-state index contributed by atoms with van der Waals surface area (Å²) < 4.78 is 0. The van der Waals surface area contributed by atoms with E-state index in [4.69, 9.17) is 0 Å². The van der Waals surface area contributed by atoms with E-state index in [0.717, 1.165) is 44.9 Å². The third kappa shape index (κ3) is 6.84. The zero-order valence-corrected chi connectivity index (χ0v) is 15.7. The molecule has 148 valence electrons. The fourth-order valence-corrected chi connectivity index (χ4v) is 3.89. The predicted molar refractivity (Wildman–Crippen MR) is 98.9 cm³/mol. The fraction of sp³-hybridized carbons (Fsp3) is 0.842. The number of likely N-dealkylation sites (tertiary alicyclic amines) is 1. The number of piperidine rings is 1. The highest BCUT2D eigenvalue weighted by molar-refractivity contribution is 5.83. The van der Waals surface area contributed by atoms with E-state index in [-0.39, 0.29) is 11.9 Å². The molecule has 2 fully saturated rings. The number of carboxylic acid groups (broad SMARTS) is 1. The molecule has 2 aliphatic rings. The SMILES string of the molecule is O=C(NCCCCCC(=O)N1CCCC[C@@H]1C(=O)O)NC1CCCCC1. The molecule has 7 heteroatoms. The number of nitrogens with zero attached hydrogens (tertiary/aromatic N) is 1. The lowest BCUT2D eigenvalue weighted by molar-refractivity contribution is -0.152. The minimum atomic E-state index is -0.897. The third-order valence-corrected chi connectivity index (χ3v) is 5.40. The van der Waals surface area contributed by atoms with Crippen LogP contribution in [0.4, 0.5) is 4.79 Å². The van der Waals surface area contributed by atoms with Crippen LogP contribution in [0, 0.1) is 0 Å². The lowest BCUT2D eigenvalue weighted by Gasteiger charge is -2.33. The Morgan fingerprint density at radius 2 is 1.65 bits per heavy atom. The van der Waals surface area contributed by atoms with Crippen molar-refractivity contribution < 1.29 is 19.5 Å². The Morgan fingerprint density at radius 1 is 0.923 bits per heavy atom. The predicted octanol–water partition coefficient (Wildman–Crippen LogP) is 2.64. The monoisotopic (exact) mass is 367 g/mol. The Balaban J connectivity index is 1.53. The van der Waals surface area contributed by atoms with Gasteiger partial charge in [0, 0.05) is 25.6 Å². The molecule has 0 unspecified atom stereocenters. The number of nitrogens with one attached hydrogen (secondary N) is 2. The van der Waals surface area contributed by atoms with E-state index in [1.807, 2.05) is 0 Å². The lowest BCUT2D eigenvalue weighted by atomic mass is 9.96. The second-order valence-electron chi connectivity index (χ2n) is 7.48. The summed E-state index contributed by atoms with van der Waals surface area (Å²) in [4.78, 5) is 36.9. The molecule has 26 heavy (non-hydrogen) atoms. The molecule has 3 amide bonds. The Kier molecular flexibility index (Phi) is 8.71. The van der Waals surface area contributed by atoms with E-state index < -0.39 is 12.0 Å². The molecular weight excluding hydrogens is 334 g/mol. The maximum absolute atomic E-state index is 12.3. The van der Waals surface area contributed by atoms with Crippen molar-refractivity contribution in [3.8, 4) is 0 Å². The first kappa shape index (κ1) is 20.5. The van der Waals surface area contributed by atoms with Gasteiger partial charge in [-0.15, -0.1) is 0 Å². The normalized spacial score (nSPS) is 21.2. The van der Waals surface area contributed by atoms with Crippen LogP contribution < -0.4 is 10.6 Å². The van der Waals surface area contributed by atoms with Gasteiger partial charge in [0.1, 0.15) is 6.04 Å². The van der Waals surface area contributed by atoms with Crippen molar-refractivity contribution in [2.24, 2.45) is 0 Å². The van der Waals surface area contributed by atoms with Gasteiger partial charge in [-0.25, -0.2) is 9.59 Å². The van der Waals surface area contributed by atoms with Crippen LogP contribution >= 0.6 is 0 Å². The molecule has 0 radical (unpaired) electrons. The molecule has 1 aliphatic carbocycles. The van der Waals surface area contributed by atoms with Crippen LogP contribution in [0.5, 0.6) is 0 Å². The van der Waals surface area contributed by atoms with E-state index in [1.165, 1.54) is 24.2 Å². The van der Waals surface area contributed by atoms with E-state index >= 15 is 0 Å². The molecular formula is C19H33N3O4. The third-order valence-electron chi connectivity index (χ3n) is 5.40. The number of hydrogen-bond donors (Lipinski definition) is 3. The van der Waals surface area contributed by atoms with Gasteiger partial charge in [-0.05, 0) is 44.9 Å². The average Bonchev–Trinajstić information content (AvgIpc) is 2.65. The summed E-state index contributed by atoms with van der Waals surface area (Å²) in [6, 6.07) is -0.430. The Morgan fingerprint density at radius 3 is 2.38 bits per heavy atom. The number of carboxylic acids is 1. The number of carbonyl (C=O) groups excluding carboxylic acids is 2. The number of unbranched alkanes of at least 4 members (excludes halogenated alkanes) is 2. The molecule has 1 heterocycles. The first-order valence-electron chi connectivity index (χ1n) is 10.1. The summed E-state index contributed by atoms with van der Waals surface area (Å²) in [5.41, 5.74) is 0. The van der Waals surface area contributed by atoms with Crippen molar-refractivity contribution in [3.05, 3.63) is 0 Å². The minimum absolute atomic E-state index is 0.0555. The van der Waals surface area contributed by atoms with Gasteiger partial charge in [0.25, 0.3) is 0 Å². The molecule has 1 saturated heterocycles. The van der Waals surface area contributed by atoms with Crippen LogP contribution in [0.15, 0.2) is 0 Å². The van der Waals surface area contributed by atoms with Crippen molar-refractivity contribution in [2.45, 2.75) is 89.1 Å². The van der Waals surface area contributed by atoms with Crippen LogP contribution in [0.25, 0.3) is 0 Å². The molecule has 1 saturated carbocycles. The van der Waals surface area contributed by atoms with Crippen LogP contribution in [0.3, 0.4) is 0 Å². The topological polar surface area (TPSA) is 98.7 Å². The Hall–Kier alpha value is -1.79. The number of hydrogen-bond acceptors (Lipinski definition) is 3. The smallest absolute Gasteiger partial charge is 0.326 e. The number of carbonyl (C=O) groups is 3. The number of amides is 3. The summed E-state index contributed by atoms with van der Waals surface area (Å²) in [5, 5.41) is 15.1. The van der Waals surface area contributed by atoms with Crippen LogP contribution in [0.1, 0.15) is 77.0 Å². The average molecular weight is 367 g/mol. The maximum atomic E-state index is 12.3. The summed E-state index contributed by atoms with van der Waals surface area (Å²) in [6.07, 6.45) is 10.9. The van der Waals surface area contributed by atoms with Crippen LogP contribution in [0.2, 0.25) is 0 Å². The van der Waals surface area contributed by atoms with Gasteiger partial charge in [-0.3, -0.25) is 4.79 Å². The molecule has 0 aromatic carbocycles. The number of urea groups is 1. The molecule has 7 nitrogen and oxygen atoms in total. The first-order chi connectivity index (χ1) is 12.6. The molecule has 0 spiro atoms. The summed E-state index contributed by atoms with van der Waals surface area (Å²) >= 11 is 0. The minimum Gasteiger partial charge on any atom is -0.480 e. The highest BCUT2D eigenvalue weighted by Gasteiger charge is 2.31. The van der Waals surface area contributed by atoms with Gasteiger partial charge in [0.2, 0.25) is 5.91 Å². The standard InChI is InChI=1S/C19H33N3O4/c23-17(22-14-8-6-11-16(22)18(24)25)12-5-2-7-13-20-19(26)21-15-9-3-1-4-10-15/h15-16H,1-14H2,(H,24,25)(H2,20,21,26)/t16-/m1/s1. The molecule has 3 N–H and O–H groups in total. The van der Waals surface area contributed by atoms with E-state index in [9.17, 15) is 19.5 Å². The first-order valence-corrected chi connectivity index (χ1v) is 10.1. The van der Waals surface area contributed by atoms with E-state index in [2.05, 4.69) is 10.6 Å². The van der Waals surface area contributed by atoms with E-state index in [0.29, 0.717) is 32.0 Å². The fourth-order valence-electron chi connectivity index (χ4n) is 3.89. The molecule has 2 rings (SSSR count). The largest absolute Gasteiger partial charge is 0.480 e. The quantitative estimate of drug-likeness (QED) is 0.574.